The molecule has 0 saturated carbocycles. The highest BCUT2D eigenvalue weighted by Gasteiger charge is 2.23. The molecule has 108 valence electrons. The SMILES string of the molecule is C[C@@H](CNC(=O)CN1CSCC1=O)N1CCOCC1. The summed E-state index contributed by atoms with van der Waals surface area (Å²) < 4.78 is 5.30. The van der Waals surface area contributed by atoms with E-state index in [4.69, 9.17) is 4.74 Å². The number of morpholine rings is 1. The first-order valence-corrected chi connectivity index (χ1v) is 7.76. The van der Waals surface area contributed by atoms with E-state index in [1.165, 1.54) is 0 Å². The van der Waals surface area contributed by atoms with Crippen LogP contribution in [0.15, 0.2) is 0 Å². The Bertz CT molecular complexity index is 334. The van der Waals surface area contributed by atoms with Gasteiger partial charge in [0.05, 0.1) is 24.8 Å². The van der Waals surface area contributed by atoms with E-state index in [0.29, 0.717) is 24.2 Å². The minimum Gasteiger partial charge on any atom is -0.379 e. The van der Waals surface area contributed by atoms with Crippen LogP contribution in [0.3, 0.4) is 0 Å². The molecule has 0 aliphatic carbocycles. The standard InChI is InChI=1S/C12H21N3O3S/c1-10(14-2-4-18-5-3-14)6-13-11(16)7-15-9-19-8-12(15)17/h10H,2-9H2,1H3,(H,13,16)/t10-/m0/s1. The van der Waals surface area contributed by atoms with Crippen LogP contribution in [0, 0.1) is 0 Å². The third-order valence-electron chi connectivity index (χ3n) is 3.42. The molecule has 2 aliphatic heterocycles. The van der Waals surface area contributed by atoms with E-state index < -0.39 is 0 Å². The highest BCUT2D eigenvalue weighted by molar-refractivity contribution is 8.00. The molecule has 2 saturated heterocycles. The van der Waals surface area contributed by atoms with Crippen LogP contribution in [0.5, 0.6) is 0 Å². The highest BCUT2D eigenvalue weighted by atomic mass is 32.2. The number of hydrogen-bond acceptors (Lipinski definition) is 5. The van der Waals surface area contributed by atoms with Crippen LogP contribution >= 0.6 is 11.8 Å². The van der Waals surface area contributed by atoms with Crippen molar-refractivity contribution in [3.8, 4) is 0 Å². The van der Waals surface area contributed by atoms with E-state index in [1.54, 1.807) is 16.7 Å². The van der Waals surface area contributed by atoms with Gasteiger partial charge in [0.2, 0.25) is 11.8 Å². The van der Waals surface area contributed by atoms with Gasteiger partial charge in [-0.1, -0.05) is 0 Å². The van der Waals surface area contributed by atoms with Gasteiger partial charge >= 0.3 is 0 Å². The smallest absolute Gasteiger partial charge is 0.239 e. The second-order valence-corrected chi connectivity index (χ2v) is 5.83. The fourth-order valence-corrected chi connectivity index (χ4v) is 3.08. The van der Waals surface area contributed by atoms with Gasteiger partial charge in [-0.2, -0.15) is 0 Å². The van der Waals surface area contributed by atoms with Crippen molar-refractivity contribution in [1.29, 1.82) is 0 Å². The number of hydrogen-bond donors (Lipinski definition) is 1. The van der Waals surface area contributed by atoms with Crippen molar-refractivity contribution in [2.24, 2.45) is 0 Å². The Morgan fingerprint density at radius 1 is 1.47 bits per heavy atom. The van der Waals surface area contributed by atoms with Gasteiger partial charge in [-0.15, -0.1) is 11.8 Å². The van der Waals surface area contributed by atoms with Gasteiger partial charge in [0.1, 0.15) is 6.54 Å². The number of thioether (sulfide) groups is 1. The first-order chi connectivity index (χ1) is 9.16. The van der Waals surface area contributed by atoms with E-state index in [0.717, 1.165) is 26.3 Å². The number of nitrogens with zero attached hydrogens (tertiary/aromatic N) is 2. The molecule has 0 aromatic rings. The fourth-order valence-electron chi connectivity index (χ4n) is 2.18. The lowest BCUT2D eigenvalue weighted by molar-refractivity contribution is -0.132. The number of carbonyl (C=O) groups is 2. The third-order valence-corrected chi connectivity index (χ3v) is 4.37. The predicted octanol–water partition coefficient (Wildman–Crippen LogP) is -0.644. The molecule has 0 bridgehead atoms. The number of rotatable bonds is 5. The van der Waals surface area contributed by atoms with Gasteiger partial charge in [0.15, 0.2) is 0 Å². The quantitative estimate of drug-likeness (QED) is 0.728. The summed E-state index contributed by atoms with van der Waals surface area (Å²) in [6, 6.07) is 0.302. The predicted molar refractivity (Wildman–Crippen MR) is 73.9 cm³/mol. The average Bonchev–Trinajstić information content (AvgIpc) is 2.82. The molecule has 1 atom stereocenters. The Hall–Kier alpha value is -0.790. The summed E-state index contributed by atoms with van der Waals surface area (Å²) in [5.74, 6) is 1.11. The molecule has 0 aromatic carbocycles. The van der Waals surface area contributed by atoms with E-state index in [9.17, 15) is 9.59 Å². The van der Waals surface area contributed by atoms with Crippen molar-refractivity contribution < 1.29 is 14.3 Å². The van der Waals surface area contributed by atoms with Crippen LogP contribution in [0.2, 0.25) is 0 Å². The molecule has 2 aliphatic rings. The molecule has 0 radical (unpaired) electrons. The zero-order chi connectivity index (χ0) is 13.7. The minimum atomic E-state index is -0.0732. The first kappa shape index (κ1) is 14.6. The van der Waals surface area contributed by atoms with E-state index >= 15 is 0 Å². The Labute approximate surface area is 117 Å². The van der Waals surface area contributed by atoms with Crippen LogP contribution in [-0.2, 0) is 14.3 Å². The maximum Gasteiger partial charge on any atom is 0.239 e. The molecule has 7 heteroatoms. The summed E-state index contributed by atoms with van der Waals surface area (Å²) in [6.45, 7) is 6.25. The molecular formula is C12H21N3O3S. The van der Waals surface area contributed by atoms with Gasteiger partial charge in [-0.05, 0) is 6.92 Å². The monoisotopic (exact) mass is 287 g/mol. The van der Waals surface area contributed by atoms with Crippen LogP contribution in [-0.4, -0.2) is 78.7 Å². The van der Waals surface area contributed by atoms with Crippen molar-refractivity contribution in [2.75, 3.05) is 51.0 Å². The van der Waals surface area contributed by atoms with Gasteiger partial charge in [0.25, 0.3) is 0 Å². The summed E-state index contributed by atoms with van der Waals surface area (Å²) in [4.78, 5) is 27.1. The normalized spacial score (nSPS) is 22.6. The number of carbonyl (C=O) groups excluding carboxylic acids is 2. The van der Waals surface area contributed by atoms with Crippen LogP contribution in [0.25, 0.3) is 0 Å². The third kappa shape index (κ3) is 4.36. The van der Waals surface area contributed by atoms with Crippen LogP contribution in [0.4, 0.5) is 0 Å². The largest absolute Gasteiger partial charge is 0.379 e. The summed E-state index contributed by atoms with van der Waals surface area (Å²) in [5.41, 5.74) is 0. The molecule has 0 aromatic heterocycles. The van der Waals surface area contributed by atoms with Crippen molar-refractivity contribution in [2.45, 2.75) is 13.0 Å². The van der Waals surface area contributed by atoms with Crippen molar-refractivity contribution >= 4 is 23.6 Å². The molecule has 2 amide bonds. The number of amides is 2. The lowest BCUT2D eigenvalue weighted by Crippen LogP contribution is -2.48. The molecular weight excluding hydrogens is 266 g/mol. The Balaban J connectivity index is 1.66. The Morgan fingerprint density at radius 2 is 2.21 bits per heavy atom. The molecule has 2 heterocycles. The van der Waals surface area contributed by atoms with Crippen LogP contribution in [0.1, 0.15) is 6.92 Å². The van der Waals surface area contributed by atoms with Gasteiger partial charge in [0, 0.05) is 25.7 Å². The lowest BCUT2D eigenvalue weighted by atomic mass is 10.2. The second kappa shape index (κ2) is 7.12. The number of ether oxygens (including phenoxy) is 1. The molecule has 2 fully saturated rings. The minimum absolute atomic E-state index is 0.0568. The number of nitrogens with one attached hydrogen (secondary N) is 1. The fraction of sp³-hybridized carbons (Fsp3) is 0.833. The zero-order valence-electron chi connectivity index (χ0n) is 11.3. The van der Waals surface area contributed by atoms with Crippen molar-refractivity contribution in [3.05, 3.63) is 0 Å². The topological polar surface area (TPSA) is 61.9 Å². The van der Waals surface area contributed by atoms with Crippen LogP contribution < -0.4 is 5.32 Å². The van der Waals surface area contributed by atoms with E-state index in [1.807, 2.05) is 0 Å². The summed E-state index contributed by atoms with van der Waals surface area (Å²) in [5, 5.41) is 2.90. The van der Waals surface area contributed by atoms with Gasteiger partial charge in [-0.25, -0.2) is 0 Å². The van der Waals surface area contributed by atoms with Gasteiger partial charge < -0.3 is 15.0 Å². The molecule has 6 nitrogen and oxygen atoms in total. The first-order valence-electron chi connectivity index (χ1n) is 6.61. The molecule has 0 spiro atoms. The molecule has 2 rings (SSSR count). The van der Waals surface area contributed by atoms with E-state index in [2.05, 4.69) is 17.1 Å². The average molecular weight is 287 g/mol. The molecule has 0 unspecified atom stereocenters. The zero-order valence-corrected chi connectivity index (χ0v) is 12.1. The lowest BCUT2D eigenvalue weighted by Gasteiger charge is -2.32. The molecule has 1 N–H and O–H groups in total. The highest BCUT2D eigenvalue weighted by Crippen LogP contribution is 2.13. The Morgan fingerprint density at radius 3 is 2.84 bits per heavy atom. The van der Waals surface area contributed by atoms with E-state index in [-0.39, 0.29) is 18.4 Å². The Kier molecular flexibility index (Phi) is 5.47. The maximum absolute atomic E-state index is 11.8. The second-order valence-electron chi connectivity index (χ2n) is 4.87. The summed E-state index contributed by atoms with van der Waals surface area (Å²) >= 11 is 1.55. The maximum atomic E-state index is 11.8. The summed E-state index contributed by atoms with van der Waals surface area (Å²) in [7, 11) is 0. The summed E-state index contributed by atoms with van der Waals surface area (Å²) in [6.07, 6.45) is 0. The van der Waals surface area contributed by atoms with Crippen molar-refractivity contribution in [3.63, 3.8) is 0 Å². The molecule has 19 heavy (non-hydrogen) atoms. The van der Waals surface area contributed by atoms with Gasteiger partial charge in [-0.3, -0.25) is 14.5 Å². The van der Waals surface area contributed by atoms with Crippen molar-refractivity contribution in [1.82, 2.24) is 15.1 Å².